The van der Waals surface area contributed by atoms with Crippen molar-refractivity contribution in [1.82, 2.24) is 19.7 Å². The Morgan fingerprint density at radius 1 is 1.05 bits per heavy atom. The Labute approximate surface area is 238 Å². The van der Waals surface area contributed by atoms with Crippen molar-refractivity contribution in [3.05, 3.63) is 71.7 Å². The molecule has 2 aromatic carbocycles. The van der Waals surface area contributed by atoms with Crippen LogP contribution in [-0.2, 0) is 6.42 Å². The van der Waals surface area contributed by atoms with E-state index in [1.807, 2.05) is 19.1 Å². The van der Waals surface area contributed by atoms with Crippen LogP contribution in [0.4, 0.5) is 20.3 Å². The minimum atomic E-state index is -1.06. The molecule has 0 aliphatic carbocycles. The lowest BCUT2D eigenvalue weighted by molar-refractivity contribution is 0.0952. The van der Waals surface area contributed by atoms with Crippen molar-refractivity contribution in [2.45, 2.75) is 45.4 Å². The number of nitrogens with two attached hydrogens (primary N) is 1. The Morgan fingerprint density at radius 3 is 2.58 bits per heavy atom. The van der Waals surface area contributed by atoms with Crippen molar-refractivity contribution in [2.75, 3.05) is 25.5 Å². The second-order valence-electron chi connectivity index (χ2n) is 9.22. The highest BCUT2D eigenvalue weighted by Crippen LogP contribution is 2.31. The summed E-state index contributed by atoms with van der Waals surface area (Å²) in [5, 5.41) is 6.27. The number of aryl methyl sites for hydroxylation is 1. The molecule has 0 radical (unpaired) electrons. The van der Waals surface area contributed by atoms with Crippen LogP contribution in [-0.4, -0.2) is 40.5 Å². The van der Waals surface area contributed by atoms with E-state index < -0.39 is 11.6 Å². The number of ether oxygens (including phenoxy) is 1. The zero-order chi connectivity index (χ0) is 27.8. The number of amides is 1. The van der Waals surface area contributed by atoms with E-state index in [1.165, 1.54) is 25.4 Å². The van der Waals surface area contributed by atoms with E-state index in [1.54, 1.807) is 22.9 Å². The molecule has 2 aromatic heterocycles. The number of halogens is 3. The standard InChI is InChI=1S/C29H34F2N6O2.ClH/c1-3-19-17-20(9-10-21(19)29(38)34-14-8-6-4-5-7-13-32)36-27-28-35-18-23(37(28)16-15-33-27)22-11-12-24(39-2)26(31)25(22)30;/h9-12,15-18H,3-8,13-14,32H2,1-2H3,(H,33,36)(H,34,38);1H. The molecule has 8 nitrogen and oxygen atoms in total. The van der Waals surface area contributed by atoms with E-state index in [-0.39, 0.29) is 29.6 Å². The number of nitrogens with one attached hydrogen (secondary N) is 2. The largest absolute Gasteiger partial charge is 0.494 e. The molecule has 0 spiro atoms. The molecule has 0 atom stereocenters. The number of nitrogens with zero attached hydrogens (tertiary/aromatic N) is 3. The van der Waals surface area contributed by atoms with Crippen LogP contribution in [0.5, 0.6) is 5.75 Å². The number of benzene rings is 2. The van der Waals surface area contributed by atoms with Crippen LogP contribution in [0.25, 0.3) is 16.9 Å². The Kier molecular flexibility index (Phi) is 11.2. The first-order valence-corrected chi connectivity index (χ1v) is 13.2. The van der Waals surface area contributed by atoms with Crippen molar-refractivity contribution in [3.8, 4) is 17.0 Å². The third-order valence-electron chi connectivity index (χ3n) is 6.63. The van der Waals surface area contributed by atoms with Crippen molar-refractivity contribution < 1.29 is 18.3 Å². The monoisotopic (exact) mass is 572 g/mol. The number of anilines is 2. The molecule has 0 saturated carbocycles. The highest BCUT2D eigenvalue weighted by Gasteiger charge is 2.19. The normalized spacial score (nSPS) is 10.8. The fourth-order valence-electron chi connectivity index (χ4n) is 4.51. The lowest BCUT2D eigenvalue weighted by Crippen LogP contribution is -2.25. The summed E-state index contributed by atoms with van der Waals surface area (Å²) in [5.41, 5.74) is 8.65. The zero-order valence-electron chi connectivity index (χ0n) is 22.7. The maximum absolute atomic E-state index is 14.8. The lowest BCUT2D eigenvalue weighted by atomic mass is 10.0. The average Bonchev–Trinajstić information content (AvgIpc) is 3.38. The van der Waals surface area contributed by atoms with Crippen LogP contribution in [0.3, 0.4) is 0 Å². The van der Waals surface area contributed by atoms with Crippen LogP contribution in [0.15, 0.2) is 48.9 Å². The molecule has 40 heavy (non-hydrogen) atoms. The minimum Gasteiger partial charge on any atom is -0.494 e. The molecule has 214 valence electrons. The van der Waals surface area contributed by atoms with E-state index in [9.17, 15) is 13.6 Å². The average molecular weight is 573 g/mol. The number of imidazole rings is 1. The first-order valence-electron chi connectivity index (χ1n) is 13.2. The van der Waals surface area contributed by atoms with Crippen LogP contribution < -0.4 is 21.1 Å². The van der Waals surface area contributed by atoms with Crippen LogP contribution in [0.1, 0.15) is 54.9 Å². The second-order valence-corrected chi connectivity index (χ2v) is 9.22. The maximum Gasteiger partial charge on any atom is 0.251 e. The number of unbranched alkanes of at least 4 members (excludes halogenated alkanes) is 4. The Morgan fingerprint density at radius 2 is 1.82 bits per heavy atom. The van der Waals surface area contributed by atoms with Gasteiger partial charge in [-0.25, -0.2) is 14.4 Å². The van der Waals surface area contributed by atoms with Crippen molar-refractivity contribution in [3.63, 3.8) is 0 Å². The maximum atomic E-state index is 14.8. The van der Waals surface area contributed by atoms with Gasteiger partial charge >= 0.3 is 0 Å². The van der Waals surface area contributed by atoms with Gasteiger partial charge < -0.3 is 21.1 Å². The molecule has 4 rings (SSSR count). The zero-order valence-corrected chi connectivity index (χ0v) is 23.5. The van der Waals surface area contributed by atoms with Crippen molar-refractivity contribution >= 4 is 35.5 Å². The second kappa shape index (κ2) is 14.6. The molecule has 4 aromatic rings. The predicted molar refractivity (Wildman–Crippen MR) is 156 cm³/mol. The molecule has 1 amide bonds. The van der Waals surface area contributed by atoms with Gasteiger partial charge in [0.05, 0.1) is 19.0 Å². The smallest absolute Gasteiger partial charge is 0.251 e. The third kappa shape index (κ3) is 6.86. The first-order chi connectivity index (χ1) is 19.0. The van der Waals surface area contributed by atoms with Gasteiger partial charge in [-0.3, -0.25) is 9.20 Å². The summed E-state index contributed by atoms with van der Waals surface area (Å²) in [5.74, 6) is -1.90. The number of methoxy groups -OCH3 is 1. The van der Waals surface area contributed by atoms with Gasteiger partial charge in [-0.05, 0) is 61.7 Å². The topological polar surface area (TPSA) is 107 Å². The molecule has 0 aliphatic heterocycles. The number of aromatic nitrogens is 3. The highest BCUT2D eigenvalue weighted by atomic mass is 35.5. The summed E-state index contributed by atoms with van der Waals surface area (Å²) in [7, 11) is 1.28. The number of hydrogen-bond acceptors (Lipinski definition) is 6. The quantitative estimate of drug-likeness (QED) is 0.168. The van der Waals surface area contributed by atoms with Crippen molar-refractivity contribution in [1.29, 1.82) is 0 Å². The fourth-order valence-corrected chi connectivity index (χ4v) is 4.51. The van der Waals surface area contributed by atoms with E-state index in [0.717, 1.165) is 49.9 Å². The van der Waals surface area contributed by atoms with Gasteiger partial charge in [-0.1, -0.05) is 26.2 Å². The van der Waals surface area contributed by atoms with Gasteiger partial charge in [0, 0.05) is 35.8 Å². The van der Waals surface area contributed by atoms with E-state index in [4.69, 9.17) is 10.5 Å². The Hall–Kier alpha value is -3.76. The summed E-state index contributed by atoms with van der Waals surface area (Å²) in [6, 6.07) is 8.35. The summed E-state index contributed by atoms with van der Waals surface area (Å²) in [4.78, 5) is 21.6. The first kappa shape index (κ1) is 30.8. The molecular formula is C29H35ClF2N6O2. The molecule has 0 fully saturated rings. The molecule has 4 N–H and O–H groups in total. The SMILES string of the molecule is CCc1cc(Nc2nccn3c(-c4ccc(OC)c(F)c4F)cnc23)ccc1C(=O)NCCCCCCCN.Cl. The molecule has 0 unspecified atom stereocenters. The molecule has 0 saturated heterocycles. The minimum absolute atomic E-state index is 0. The van der Waals surface area contributed by atoms with Gasteiger partial charge in [-0.2, -0.15) is 4.39 Å². The number of carbonyl (C=O) groups is 1. The summed E-state index contributed by atoms with van der Waals surface area (Å²) >= 11 is 0. The predicted octanol–water partition coefficient (Wildman–Crippen LogP) is 6.05. The highest BCUT2D eigenvalue weighted by molar-refractivity contribution is 5.96. The van der Waals surface area contributed by atoms with Gasteiger partial charge in [-0.15, -0.1) is 12.4 Å². The van der Waals surface area contributed by atoms with Crippen molar-refractivity contribution in [2.24, 2.45) is 5.73 Å². The third-order valence-corrected chi connectivity index (χ3v) is 6.63. The molecule has 2 heterocycles. The fraction of sp³-hybridized carbons (Fsp3) is 0.345. The number of carbonyl (C=O) groups excluding carboxylic acids is 1. The van der Waals surface area contributed by atoms with E-state index in [2.05, 4.69) is 20.6 Å². The molecule has 0 bridgehead atoms. The Bertz CT molecular complexity index is 1450. The lowest BCUT2D eigenvalue weighted by Gasteiger charge is -2.13. The van der Waals surface area contributed by atoms with E-state index >= 15 is 0 Å². The Balaban J connectivity index is 0.00000441. The molecular weight excluding hydrogens is 538 g/mol. The number of rotatable bonds is 13. The molecule has 0 aliphatic rings. The summed E-state index contributed by atoms with van der Waals surface area (Å²) in [6.45, 7) is 3.35. The van der Waals surface area contributed by atoms with Crippen LogP contribution in [0.2, 0.25) is 0 Å². The van der Waals surface area contributed by atoms with Crippen LogP contribution in [0, 0.1) is 11.6 Å². The van der Waals surface area contributed by atoms with Gasteiger partial charge in [0.2, 0.25) is 5.82 Å². The number of fused-ring (bicyclic) bond motifs is 1. The summed E-state index contributed by atoms with van der Waals surface area (Å²) < 4.78 is 35.6. The van der Waals surface area contributed by atoms with E-state index in [0.29, 0.717) is 35.7 Å². The summed E-state index contributed by atoms with van der Waals surface area (Å²) in [6.07, 6.45) is 10.6. The van der Waals surface area contributed by atoms with Gasteiger partial charge in [0.15, 0.2) is 23.0 Å². The van der Waals surface area contributed by atoms with Crippen LogP contribution >= 0.6 is 12.4 Å². The number of hydrogen-bond donors (Lipinski definition) is 3. The van der Waals surface area contributed by atoms with Gasteiger partial charge in [0.1, 0.15) is 0 Å². The molecule has 11 heteroatoms. The van der Waals surface area contributed by atoms with Gasteiger partial charge in [0.25, 0.3) is 5.91 Å².